The Hall–Kier alpha value is 0.270. The molecule has 0 aromatic heterocycles. The van der Waals surface area contributed by atoms with Crippen molar-refractivity contribution in [1.82, 2.24) is 10.2 Å². The molecule has 14 heavy (non-hydrogen) atoms. The van der Waals surface area contributed by atoms with E-state index in [2.05, 4.69) is 49.8 Å². The van der Waals surface area contributed by atoms with E-state index in [0.717, 1.165) is 0 Å². The van der Waals surface area contributed by atoms with Gasteiger partial charge in [-0.25, -0.2) is 0 Å². The summed E-state index contributed by atoms with van der Waals surface area (Å²) in [4.78, 5) is 2.48. The third-order valence-electron chi connectivity index (χ3n) is 3.39. The van der Waals surface area contributed by atoms with Crippen molar-refractivity contribution in [3.05, 3.63) is 0 Å². The summed E-state index contributed by atoms with van der Waals surface area (Å²) in [5.41, 5.74) is 0.337. The molecule has 1 heterocycles. The van der Waals surface area contributed by atoms with E-state index in [1.807, 2.05) is 0 Å². The SMILES string of the molecule is CCC(C)(C)N(C)CC1CSCCN1. The van der Waals surface area contributed by atoms with Gasteiger partial charge in [-0.05, 0) is 27.3 Å². The predicted octanol–water partition coefficient (Wildman–Crippen LogP) is 1.81. The van der Waals surface area contributed by atoms with Crippen molar-refractivity contribution in [1.29, 1.82) is 0 Å². The lowest BCUT2D eigenvalue weighted by molar-refractivity contribution is 0.139. The minimum Gasteiger partial charge on any atom is -0.311 e. The molecule has 0 aromatic rings. The molecular formula is C11H24N2S. The van der Waals surface area contributed by atoms with Gasteiger partial charge < -0.3 is 5.32 Å². The van der Waals surface area contributed by atoms with Crippen LogP contribution < -0.4 is 5.32 Å². The van der Waals surface area contributed by atoms with E-state index < -0.39 is 0 Å². The van der Waals surface area contributed by atoms with Gasteiger partial charge in [0.25, 0.3) is 0 Å². The van der Waals surface area contributed by atoms with Gasteiger partial charge >= 0.3 is 0 Å². The molecular weight excluding hydrogens is 192 g/mol. The van der Waals surface area contributed by atoms with Gasteiger partial charge in [0.1, 0.15) is 0 Å². The first-order valence-electron chi connectivity index (χ1n) is 5.58. The van der Waals surface area contributed by atoms with E-state index in [1.165, 1.54) is 31.0 Å². The third-order valence-corrected chi connectivity index (χ3v) is 4.52. The molecule has 0 spiro atoms. The molecule has 0 aromatic carbocycles. The van der Waals surface area contributed by atoms with Crippen molar-refractivity contribution in [3.8, 4) is 0 Å². The highest BCUT2D eigenvalue weighted by Gasteiger charge is 2.24. The predicted molar refractivity (Wildman–Crippen MR) is 66.1 cm³/mol. The van der Waals surface area contributed by atoms with Crippen LogP contribution >= 0.6 is 11.8 Å². The summed E-state index contributed by atoms with van der Waals surface area (Å²) in [5, 5.41) is 3.58. The summed E-state index contributed by atoms with van der Waals surface area (Å²) in [6.45, 7) is 9.26. The Morgan fingerprint density at radius 3 is 2.71 bits per heavy atom. The minimum absolute atomic E-state index is 0.337. The summed E-state index contributed by atoms with van der Waals surface area (Å²) in [6, 6.07) is 0.685. The molecule has 1 unspecified atom stereocenters. The average Bonchev–Trinajstić information content (AvgIpc) is 2.19. The second-order valence-electron chi connectivity index (χ2n) is 4.77. The second kappa shape index (κ2) is 5.38. The first-order chi connectivity index (χ1) is 6.56. The fraction of sp³-hybridized carbons (Fsp3) is 1.00. The number of thioether (sulfide) groups is 1. The molecule has 1 fully saturated rings. The van der Waals surface area contributed by atoms with Gasteiger partial charge in [-0.1, -0.05) is 6.92 Å². The Morgan fingerprint density at radius 2 is 2.21 bits per heavy atom. The van der Waals surface area contributed by atoms with E-state index in [4.69, 9.17) is 0 Å². The van der Waals surface area contributed by atoms with Crippen molar-refractivity contribution in [2.75, 3.05) is 31.6 Å². The van der Waals surface area contributed by atoms with Crippen LogP contribution in [0.5, 0.6) is 0 Å². The summed E-state index contributed by atoms with van der Waals surface area (Å²) < 4.78 is 0. The average molecular weight is 216 g/mol. The van der Waals surface area contributed by atoms with E-state index in [0.29, 0.717) is 11.6 Å². The van der Waals surface area contributed by atoms with Crippen molar-refractivity contribution in [2.45, 2.75) is 38.8 Å². The Bertz CT molecular complexity index is 165. The number of rotatable bonds is 4. The van der Waals surface area contributed by atoms with Crippen molar-refractivity contribution >= 4 is 11.8 Å². The molecule has 1 aliphatic heterocycles. The monoisotopic (exact) mass is 216 g/mol. The van der Waals surface area contributed by atoms with Crippen LogP contribution in [0.3, 0.4) is 0 Å². The van der Waals surface area contributed by atoms with Crippen molar-refractivity contribution in [3.63, 3.8) is 0 Å². The standard InChI is InChI=1S/C11H24N2S/c1-5-11(2,3)13(4)8-10-9-14-7-6-12-10/h10,12H,5-9H2,1-4H3. The molecule has 1 saturated heterocycles. The molecule has 1 aliphatic rings. The maximum atomic E-state index is 3.58. The fourth-order valence-corrected chi connectivity index (χ4v) is 2.52. The van der Waals surface area contributed by atoms with Crippen LogP contribution in [-0.2, 0) is 0 Å². The highest BCUT2D eigenvalue weighted by molar-refractivity contribution is 7.99. The van der Waals surface area contributed by atoms with Crippen molar-refractivity contribution in [2.24, 2.45) is 0 Å². The number of hydrogen-bond donors (Lipinski definition) is 1. The summed E-state index contributed by atoms with van der Waals surface area (Å²) >= 11 is 2.07. The van der Waals surface area contributed by atoms with Crippen LogP contribution in [0, 0.1) is 0 Å². The number of hydrogen-bond acceptors (Lipinski definition) is 3. The van der Waals surface area contributed by atoms with E-state index in [1.54, 1.807) is 0 Å². The fourth-order valence-electron chi connectivity index (χ4n) is 1.58. The highest BCUT2D eigenvalue weighted by atomic mass is 32.2. The molecule has 0 saturated carbocycles. The molecule has 0 bridgehead atoms. The maximum Gasteiger partial charge on any atom is 0.0286 e. The topological polar surface area (TPSA) is 15.3 Å². The molecule has 84 valence electrons. The van der Waals surface area contributed by atoms with Gasteiger partial charge in [0.05, 0.1) is 0 Å². The number of likely N-dealkylation sites (N-methyl/N-ethyl adjacent to an activating group) is 1. The zero-order valence-electron chi connectivity index (χ0n) is 9.97. The van der Waals surface area contributed by atoms with Gasteiger partial charge in [-0.2, -0.15) is 11.8 Å². The van der Waals surface area contributed by atoms with Crippen LogP contribution in [0.25, 0.3) is 0 Å². The summed E-state index contributed by atoms with van der Waals surface area (Å²) in [7, 11) is 2.24. The Labute approximate surface area is 92.8 Å². The smallest absolute Gasteiger partial charge is 0.0286 e. The lowest BCUT2D eigenvalue weighted by Crippen LogP contribution is -2.50. The molecule has 3 heteroatoms. The first kappa shape index (κ1) is 12.3. The number of nitrogens with one attached hydrogen (secondary N) is 1. The minimum atomic E-state index is 0.337. The van der Waals surface area contributed by atoms with Crippen LogP contribution in [0.4, 0.5) is 0 Å². The van der Waals surface area contributed by atoms with Gasteiger partial charge in [0.15, 0.2) is 0 Å². The van der Waals surface area contributed by atoms with E-state index in [-0.39, 0.29) is 0 Å². The number of nitrogens with zero attached hydrogens (tertiary/aromatic N) is 1. The molecule has 1 atom stereocenters. The molecule has 1 rings (SSSR count). The Kier molecular flexibility index (Phi) is 4.74. The highest BCUT2D eigenvalue weighted by Crippen LogP contribution is 2.18. The summed E-state index contributed by atoms with van der Waals surface area (Å²) in [5.74, 6) is 2.54. The van der Waals surface area contributed by atoms with Crippen LogP contribution in [0.1, 0.15) is 27.2 Å². The zero-order valence-corrected chi connectivity index (χ0v) is 10.8. The summed E-state index contributed by atoms with van der Waals surface area (Å²) in [6.07, 6.45) is 1.21. The lowest BCUT2D eigenvalue weighted by atomic mass is 9.99. The van der Waals surface area contributed by atoms with Gasteiger partial charge in [-0.3, -0.25) is 4.90 Å². The molecule has 2 nitrogen and oxygen atoms in total. The van der Waals surface area contributed by atoms with E-state index in [9.17, 15) is 0 Å². The molecule has 0 aliphatic carbocycles. The first-order valence-corrected chi connectivity index (χ1v) is 6.74. The largest absolute Gasteiger partial charge is 0.311 e. The van der Waals surface area contributed by atoms with Gasteiger partial charge in [-0.15, -0.1) is 0 Å². The third kappa shape index (κ3) is 3.44. The van der Waals surface area contributed by atoms with Crippen LogP contribution in [0.15, 0.2) is 0 Å². The van der Waals surface area contributed by atoms with Crippen molar-refractivity contribution < 1.29 is 0 Å². The lowest BCUT2D eigenvalue weighted by Gasteiger charge is -2.38. The molecule has 0 amide bonds. The normalized spacial score (nSPS) is 24.2. The second-order valence-corrected chi connectivity index (χ2v) is 5.92. The van der Waals surface area contributed by atoms with Crippen LogP contribution in [-0.4, -0.2) is 48.1 Å². The quantitative estimate of drug-likeness (QED) is 0.771. The Balaban J connectivity index is 2.34. The van der Waals surface area contributed by atoms with Crippen LogP contribution in [0.2, 0.25) is 0 Å². The van der Waals surface area contributed by atoms with Gasteiger partial charge in [0.2, 0.25) is 0 Å². The molecule has 0 radical (unpaired) electrons. The zero-order chi connectivity index (χ0) is 10.6. The van der Waals surface area contributed by atoms with E-state index >= 15 is 0 Å². The Morgan fingerprint density at radius 1 is 1.50 bits per heavy atom. The molecule has 1 N–H and O–H groups in total. The van der Waals surface area contributed by atoms with Gasteiger partial charge in [0, 0.05) is 36.2 Å². The maximum absolute atomic E-state index is 3.58.